The molecule has 0 aliphatic carbocycles. The Bertz CT molecular complexity index is 2060. The maximum Gasteiger partial charge on any atom is 0.128 e. The molecule has 7 rings (SSSR count). The molecule has 0 spiro atoms. The SMILES string of the molecule is Cc1ccc(-c2[c-]cccc2)nc1.Cc1cnc(-c2[c-]ccc3c2oc2c4ccnc(C)c4ccc32)cc1CC(C)(C)C.[Ir]. The molecule has 4 heterocycles. The van der Waals surface area contributed by atoms with Crippen LogP contribution >= 0.6 is 0 Å². The Balaban J connectivity index is 0.000000230. The van der Waals surface area contributed by atoms with Crippen LogP contribution in [0.1, 0.15) is 43.2 Å². The van der Waals surface area contributed by atoms with E-state index < -0.39 is 0 Å². The molecule has 0 fully saturated rings. The van der Waals surface area contributed by atoms with Crippen molar-refractivity contribution in [3.05, 3.63) is 126 Å². The number of furan rings is 1. The number of rotatable bonds is 3. The molecule has 44 heavy (non-hydrogen) atoms. The molecule has 4 nitrogen and oxygen atoms in total. The average molecular weight is 754 g/mol. The number of benzene rings is 3. The standard InChI is InChI=1S/C27H25N2O.C12H10N.Ir/c1-16-15-29-24(13-18(16)14-27(3,4)5)23-8-6-7-20-21-10-9-19-17(2)28-12-11-22(19)25(21)30-26(20)23;1-10-7-8-12(13-9-10)11-5-3-2-4-6-11;/h6-7,9-13,15H,14H2,1-5H3;2-5,7-9H,1H3;/q2*-1;. The summed E-state index contributed by atoms with van der Waals surface area (Å²) in [6.45, 7) is 13.0. The van der Waals surface area contributed by atoms with Gasteiger partial charge in [0.15, 0.2) is 0 Å². The molecule has 4 aromatic heterocycles. The number of aromatic nitrogens is 3. The Morgan fingerprint density at radius 2 is 1.45 bits per heavy atom. The largest absolute Gasteiger partial charge is 0.500 e. The number of aryl methyl sites for hydroxylation is 3. The van der Waals surface area contributed by atoms with E-state index in [0.29, 0.717) is 0 Å². The topological polar surface area (TPSA) is 51.8 Å². The van der Waals surface area contributed by atoms with Gasteiger partial charge in [0.05, 0.1) is 5.58 Å². The first-order valence-electron chi connectivity index (χ1n) is 14.6. The van der Waals surface area contributed by atoms with Crippen molar-refractivity contribution in [1.82, 2.24) is 15.0 Å². The van der Waals surface area contributed by atoms with Crippen LogP contribution in [0, 0.1) is 38.3 Å². The van der Waals surface area contributed by atoms with Crippen molar-refractivity contribution in [3.8, 4) is 22.5 Å². The molecule has 7 aromatic rings. The van der Waals surface area contributed by atoms with Crippen molar-refractivity contribution in [3.63, 3.8) is 0 Å². The summed E-state index contributed by atoms with van der Waals surface area (Å²) in [4.78, 5) is 13.5. The molecule has 0 atom stereocenters. The Labute approximate surface area is 273 Å². The maximum absolute atomic E-state index is 6.48. The van der Waals surface area contributed by atoms with Gasteiger partial charge in [-0.15, -0.1) is 54.1 Å². The van der Waals surface area contributed by atoms with Gasteiger partial charge in [-0.2, -0.15) is 0 Å². The monoisotopic (exact) mass is 754 g/mol. The first-order valence-corrected chi connectivity index (χ1v) is 14.6. The van der Waals surface area contributed by atoms with Crippen LogP contribution in [0.5, 0.6) is 0 Å². The summed E-state index contributed by atoms with van der Waals surface area (Å²) in [7, 11) is 0. The predicted octanol–water partition coefficient (Wildman–Crippen LogP) is 10.1. The van der Waals surface area contributed by atoms with E-state index in [0.717, 1.165) is 67.3 Å². The molecular formula is C39H35IrN3O-2. The second kappa shape index (κ2) is 12.8. The van der Waals surface area contributed by atoms with Crippen molar-refractivity contribution < 1.29 is 24.5 Å². The average Bonchev–Trinajstić information content (AvgIpc) is 3.39. The van der Waals surface area contributed by atoms with Gasteiger partial charge in [0.1, 0.15) is 5.58 Å². The van der Waals surface area contributed by atoms with Crippen molar-refractivity contribution in [2.45, 2.75) is 48.0 Å². The van der Waals surface area contributed by atoms with E-state index in [1.807, 2.05) is 74.9 Å². The van der Waals surface area contributed by atoms with Gasteiger partial charge in [0, 0.05) is 60.5 Å². The molecule has 0 saturated heterocycles. The minimum atomic E-state index is 0. The van der Waals surface area contributed by atoms with Crippen LogP contribution in [0.25, 0.3) is 55.2 Å². The smallest absolute Gasteiger partial charge is 0.128 e. The molecule has 0 bridgehead atoms. The number of hydrogen-bond acceptors (Lipinski definition) is 4. The van der Waals surface area contributed by atoms with E-state index in [1.54, 1.807) is 0 Å². The van der Waals surface area contributed by atoms with E-state index in [1.165, 1.54) is 16.7 Å². The fraction of sp³-hybridized carbons (Fsp3) is 0.205. The summed E-state index contributed by atoms with van der Waals surface area (Å²) in [5.74, 6) is 0. The third-order valence-corrected chi connectivity index (χ3v) is 7.63. The summed E-state index contributed by atoms with van der Waals surface area (Å²) < 4.78 is 6.48. The third-order valence-electron chi connectivity index (χ3n) is 7.63. The molecule has 0 aliphatic rings. The van der Waals surface area contributed by atoms with Crippen LogP contribution in [0.2, 0.25) is 0 Å². The van der Waals surface area contributed by atoms with Gasteiger partial charge in [0.25, 0.3) is 0 Å². The second-order valence-electron chi connectivity index (χ2n) is 12.4. The van der Waals surface area contributed by atoms with Crippen LogP contribution in [0.15, 0.2) is 95.8 Å². The molecular weight excluding hydrogens is 719 g/mol. The van der Waals surface area contributed by atoms with Crippen LogP contribution in [-0.2, 0) is 26.5 Å². The fourth-order valence-corrected chi connectivity index (χ4v) is 5.43. The van der Waals surface area contributed by atoms with Crippen LogP contribution in [0.4, 0.5) is 0 Å². The zero-order valence-corrected chi connectivity index (χ0v) is 28.3. The molecule has 0 saturated carbocycles. The summed E-state index contributed by atoms with van der Waals surface area (Å²) in [6, 6.07) is 31.0. The van der Waals surface area contributed by atoms with E-state index in [4.69, 9.17) is 9.40 Å². The Morgan fingerprint density at radius 1 is 0.705 bits per heavy atom. The first-order chi connectivity index (χ1) is 20.7. The molecule has 1 radical (unpaired) electrons. The van der Waals surface area contributed by atoms with Gasteiger partial charge in [0.2, 0.25) is 0 Å². The summed E-state index contributed by atoms with van der Waals surface area (Å²) in [5.41, 5.74) is 10.5. The van der Waals surface area contributed by atoms with Gasteiger partial charge < -0.3 is 14.4 Å². The first kappa shape index (κ1) is 31.3. The summed E-state index contributed by atoms with van der Waals surface area (Å²) in [6.07, 6.45) is 6.69. The number of nitrogens with zero attached hydrogens (tertiary/aromatic N) is 3. The van der Waals surface area contributed by atoms with E-state index >= 15 is 0 Å². The second-order valence-corrected chi connectivity index (χ2v) is 12.4. The molecule has 223 valence electrons. The van der Waals surface area contributed by atoms with Crippen molar-refractivity contribution in [2.75, 3.05) is 0 Å². The maximum atomic E-state index is 6.48. The molecule has 3 aromatic carbocycles. The number of fused-ring (bicyclic) bond motifs is 5. The minimum Gasteiger partial charge on any atom is -0.500 e. The van der Waals surface area contributed by atoms with Crippen molar-refractivity contribution >= 4 is 32.7 Å². The van der Waals surface area contributed by atoms with Crippen molar-refractivity contribution in [2.24, 2.45) is 5.41 Å². The van der Waals surface area contributed by atoms with Crippen LogP contribution in [0.3, 0.4) is 0 Å². The third kappa shape index (κ3) is 6.50. The zero-order valence-electron chi connectivity index (χ0n) is 26.0. The Kier molecular flexibility index (Phi) is 9.10. The normalized spacial score (nSPS) is 11.3. The van der Waals surface area contributed by atoms with Gasteiger partial charge in [-0.25, -0.2) is 0 Å². The summed E-state index contributed by atoms with van der Waals surface area (Å²) in [5, 5.41) is 4.41. The van der Waals surface area contributed by atoms with E-state index in [2.05, 4.69) is 80.1 Å². The van der Waals surface area contributed by atoms with Gasteiger partial charge in [-0.1, -0.05) is 67.6 Å². The van der Waals surface area contributed by atoms with Crippen molar-refractivity contribution in [1.29, 1.82) is 0 Å². The van der Waals surface area contributed by atoms with Crippen LogP contribution < -0.4 is 0 Å². The molecule has 0 aliphatic heterocycles. The Hall–Kier alpha value is -4.18. The quantitative estimate of drug-likeness (QED) is 0.169. The van der Waals surface area contributed by atoms with Gasteiger partial charge in [-0.05, 0) is 61.2 Å². The van der Waals surface area contributed by atoms with Gasteiger partial charge >= 0.3 is 0 Å². The molecule has 0 unspecified atom stereocenters. The molecule has 0 amide bonds. The van der Waals surface area contributed by atoms with E-state index in [9.17, 15) is 0 Å². The van der Waals surface area contributed by atoms with E-state index in [-0.39, 0.29) is 25.5 Å². The zero-order chi connectivity index (χ0) is 30.1. The number of pyridine rings is 3. The van der Waals surface area contributed by atoms with Crippen LogP contribution in [-0.4, -0.2) is 15.0 Å². The fourth-order valence-electron chi connectivity index (χ4n) is 5.43. The number of hydrogen-bond donors (Lipinski definition) is 0. The predicted molar refractivity (Wildman–Crippen MR) is 177 cm³/mol. The van der Waals surface area contributed by atoms with Gasteiger partial charge in [-0.3, -0.25) is 4.98 Å². The molecule has 5 heteroatoms. The Morgan fingerprint density at radius 3 is 2.18 bits per heavy atom. The molecule has 0 N–H and O–H groups in total. The summed E-state index contributed by atoms with van der Waals surface area (Å²) >= 11 is 0. The minimum absolute atomic E-state index is 0.